The third kappa shape index (κ3) is 4.11. The molecule has 0 radical (unpaired) electrons. The monoisotopic (exact) mass is 754 g/mol. The van der Waals surface area contributed by atoms with Crippen molar-refractivity contribution in [3.8, 4) is 22.5 Å². The van der Waals surface area contributed by atoms with E-state index in [1.54, 1.807) is 0 Å². The molecule has 0 saturated heterocycles. The molecule has 0 bridgehead atoms. The summed E-state index contributed by atoms with van der Waals surface area (Å²) in [4.78, 5) is 0. The predicted octanol–water partition coefficient (Wildman–Crippen LogP) is 14.6. The number of rotatable bonds is 4. The molecule has 0 amide bonds. The maximum absolute atomic E-state index is 2.57. The van der Waals surface area contributed by atoms with Gasteiger partial charge >= 0.3 is 0 Å². The van der Waals surface area contributed by atoms with Crippen LogP contribution in [0.1, 0.15) is 22.3 Å². The van der Waals surface area contributed by atoms with Crippen molar-refractivity contribution < 1.29 is 0 Å². The van der Waals surface area contributed by atoms with Gasteiger partial charge in [-0.2, -0.15) is 0 Å². The van der Waals surface area contributed by atoms with Crippen LogP contribution in [0.3, 0.4) is 0 Å². The molecule has 3 heteroatoms. The molecule has 3 heterocycles. The second kappa shape index (κ2) is 11.9. The maximum atomic E-state index is 2.57. The number of nitrogens with zero attached hydrogens (tertiary/aromatic N) is 2. The zero-order valence-corrected chi connectivity index (χ0v) is 32.2. The smallest absolute Gasteiger partial charge is 0.0782 e. The van der Waals surface area contributed by atoms with E-state index in [0.29, 0.717) is 0 Å². The molecule has 0 aliphatic heterocycles. The molecule has 13 rings (SSSR count). The van der Waals surface area contributed by atoms with Gasteiger partial charge < -0.3 is 9.13 Å². The van der Waals surface area contributed by atoms with E-state index in [4.69, 9.17) is 0 Å². The molecule has 1 aliphatic carbocycles. The SMILES string of the molecule is c1ccc(C2(c3ccccc3)c3ccccc3-c3ccc(-n4c5ccc6c7ccccc7sc6c5c5cccc(-n6c7ccccc7c7ccccc76)c54)cc32)cc1. The van der Waals surface area contributed by atoms with Crippen LogP contribution in [0.15, 0.2) is 206 Å². The molecular weight excluding hydrogens is 721 g/mol. The lowest BCUT2D eigenvalue weighted by Crippen LogP contribution is -2.28. The van der Waals surface area contributed by atoms with E-state index in [0.717, 1.165) is 5.69 Å². The van der Waals surface area contributed by atoms with Gasteiger partial charge in [0.2, 0.25) is 0 Å². The molecule has 9 aromatic carbocycles. The fourth-order valence-corrected chi connectivity index (χ4v) is 11.8. The van der Waals surface area contributed by atoms with Crippen molar-refractivity contribution in [1.82, 2.24) is 9.13 Å². The summed E-state index contributed by atoms with van der Waals surface area (Å²) in [5.74, 6) is 0. The molecule has 3 aromatic heterocycles. The van der Waals surface area contributed by atoms with Gasteiger partial charge in [0.15, 0.2) is 0 Å². The van der Waals surface area contributed by atoms with Gasteiger partial charge in [-0.1, -0.05) is 164 Å². The summed E-state index contributed by atoms with van der Waals surface area (Å²) >= 11 is 1.91. The summed E-state index contributed by atoms with van der Waals surface area (Å²) in [6, 6.07) is 76.7. The van der Waals surface area contributed by atoms with E-state index < -0.39 is 5.41 Å². The summed E-state index contributed by atoms with van der Waals surface area (Å²) < 4.78 is 7.71. The predicted molar refractivity (Wildman–Crippen MR) is 245 cm³/mol. The summed E-state index contributed by atoms with van der Waals surface area (Å²) in [6.07, 6.45) is 0. The Labute approximate surface area is 339 Å². The van der Waals surface area contributed by atoms with Gasteiger partial charge in [-0.05, 0) is 75.8 Å². The van der Waals surface area contributed by atoms with Crippen LogP contribution in [0.5, 0.6) is 0 Å². The summed E-state index contributed by atoms with van der Waals surface area (Å²) in [7, 11) is 0. The third-order valence-electron chi connectivity index (χ3n) is 12.8. The molecule has 270 valence electrons. The number of hydrogen-bond acceptors (Lipinski definition) is 1. The lowest BCUT2D eigenvalue weighted by Gasteiger charge is -2.34. The highest BCUT2D eigenvalue weighted by Gasteiger charge is 2.46. The number of benzene rings is 9. The molecular formula is C55H34N2S. The van der Waals surface area contributed by atoms with E-state index >= 15 is 0 Å². The second-order valence-electron chi connectivity index (χ2n) is 15.6. The summed E-state index contributed by atoms with van der Waals surface area (Å²) in [5, 5.41) is 7.71. The molecule has 0 atom stereocenters. The minimum atomic E-state index is -0.502. The molecule has 58 heavy (non-hydrogen) atoms. The number of para-hydroxylation sites is 3. The first-order valence-electron chi connectivity index (χ1n) is 20.0. The van der Waals surface area contributed by atoms with Crippen molar-refractivity contribution in [2.75, 3.05) is 0 Å². The van der Waals surface area contributed by atoms with Gasteiger partial charge in [-0.3, -0.25) is 0 Å². The highest BCUT2D eigenvalue weighted by Crippen LogP contribution is 2.57. The highest BCUT2D eigenvalue weighted by molar-refractivity contribution is 7.26. The first-order chi connectivity index (χ1) is 28.8. The van der Waals surface area contributed by atoms with Crippen LogP contribution < -0.4 is 0 Å². The fourth-order valence-electron chi connectivity index (χ4n) is 10.5. The lowest BCUT2D eigenvalue weighted by molar-refractivity contribution is 0.767. The topological polar surface area (TPSA) is 9.86 Å². The van der Waals surface area contributed by atoms with Crippen LogP contribution in [0.2, 0.25) is 0 Å². The third-order valence-corrected chi connectivity index (χ3v) is 14.0. The van der Waals surface area contributed by atoms with Crippen LogP contribution in [-0.4, -0.2) is 9.13 Å². The Hall–Kier alpha value is -7.20. The van der Waals surface area contributed by atoms with Gasteiger partial charge in [0, 0.05) is 47.4 Å². The highest BCUT2D eigenvalue weighted by atomic mass is 32.1. The van der Waals surface area contributed by atoms with E-state index in [1.807, 2.05) is 11.3 Å². The van der Waals surface area contributed by atoms with E-state index in [9.17, 15) is 0 Å². The zero-order valence-electron chi connectivity index (χ0n) is 31.4. The first-order valence-corrected chi connectivity index (χ1v) is 20.8. The van der Waals surface area contributed by atoms with Crippen LogP contribution in [0.4, 0.5) is 0 Å². The molecule has 1 aliphatic rings. The Balaban J connectivity index is 1.20. The Morgan fingerprint density at radius 1 is 0.379 bits per heavy atom. The van der Waals surface area contributed by atoms with Gasteiger partial charge in [0.1, 0.15) is 0 Å². The van der Waals surface area contributed by atoms with E-state index in [2.05, 4.69) is 215 Å². The largest absolute Gasteiger partial charge is 0.307 e. The number of hydrogen-bond donors (Lipinski definition) is 0. The second-order valence-corrected chi connectivity index (χ2v) is 16.6. The van der Waals surface area contributed by atoms with Gasteiger partial charge in [0.25, 0.3) is 0 Å². The van der Waals surface area contributed by atoms with Crippen molar-refractivity contribution >= 4 is 75.1 Å². The van der Waals surface area contributed by atoms with Crippen molar-refractivity contribution in [3.05, 3.63) is 229 Å². The maximum Gasteiger partial charge on any atom is 0.0782 e. The number of aromatic nitrogens is 2. The average Bonchev–Trinajstić information content (AvgIpc) is 4.02. The zero-order chi connectivity index (χ0) is 38.0. The molecule has 0 fully saturated rings. The van der Waals surface area contributed by atoms with Gasteiger partial charge in [0.05, 0.1) is 33.2 Å². The minimum Gasteiger partial charge on any atom is -0.307 e. The van der Waals surface area contributed by atoms with Crippen molar-refractivity contribution in [3.63, 3.8) is 0 Å². The molecule has 2 nitrogen and oxygen atoms in total. The molecule has 0 saturated carbocycles. The quantitative estimate of drug-likeness (QED) is 0.169. The van der Waals surface area contributed by atoms with Crippen molar-refractivity contribution in [2.24, 2.45) is 0 Å². The Morgan fingerprint density at radius 3 is 1.72 bits per heavy atom. The van der Waals surface area contributed by atoms with E-state index in [1.165, 1.54) is 103 Å². The Morgan fingerprint density at radius 2 is 0.983 bits per heavy atom. The number of fused-ring (bicyclic) bond motifs is 13. The molecule has 0 N–H and O–H groups in total. The van der Waals surface area contributed by atoms with Crippen LogP contribution in [0.25, 0.3) is 86.3 Å². The number of thiophene rings is 1. The first kappa shape index (κ1) is 31.9. The summed E-state index contributed by atoms with van der Waals surface area (Å²) in [6.45, 7) is 0. The van der Waals surface area contributed by atoms with E-state index in [-0.39, 0.29) is 0 Å². The van der Waals surface area contributed by atoms with Crippen LogP contribution in [-0.2, 0) is 5.41 Å². The molecule has 0 unspecified atom stereocenters. The van der Waals surface area contributed by atoms with Crippen molar-refractivity contribution in [2.45, 2.75) is 5.41 Å². The molecule has 12 aromatic rings. The lowest BCUT2D eigenvalue weighted by atomic mass is 9.67. The molecule has 0 spiro atoms. The van der Waals surface area contributed by atoms with Crippen LogP contribution in [0, 0.1) is 0 Å². The van der Waals surface area contributed by atoms with Crippen LogP contribution >= 0.6 is 11.3 Å². The standard InChI is InChI=1S/C55H34N2S/c1-3-16-35(17-4-1)55(36-18-5-2-6-19-36)45-25-11-7-20-38(45)39-31-30-37(34-46(39)55)56-49-33-32-43-42-23-10-14-29-51(42)58-54(43)52(49)44-24-15-28-50(53(44)56)57-47-26-12-8-21-40(47)41-22-9-13-27-48(41)57/h1-34H. The fraction of sp³-hybridized carbons (Fsp3) is 0.0182. The Kier molecular flexibility index (Phi) is 6.56. The van der Waals surface area contributed by atoms with Gasteiger partial charge in [-0.25, -0.2) is 0 Å². The van der Waals surface area contributed by atoms with Crippen molar-refractivity contribution in [1.29, 1.82) is 0 Å². The average molecular weight is 755 g/mol. The summed E-state index contributed by atoms with van der Waals surface area (Å²) in [5.41, 5.74) is 14.4. The normalized spacial score (nSPS) is 13.3. The Bertz CT molecular complexity index is 3530. The van der Waals surface area contributed by atoms with Gasteiger partial charge in [-0.15, -0.1) is 11.3 Å². The minimum absolute atomic E-state index is 0.502.